The van der Waals surface area contributed by atoms with Gasteiger partial charge in [-0.05, 0) is 35.5 Å². The van der Waals surface area contributed by atoms with E-state index in [1.165, 1.54) is 0 Å². The minimum Gasteiger partial charge on any atom is -0.748 e. The number of halogens is 1. The minimum atomic E-state index is -3.79. The van der Waals surface area contributed by atoms with Gasteiger partial charge in [0, 0.05) is 4.47 Å². The van der Waals surface area contributed by atoms with Crippen LogP contribution in [0.25, 0.3) is 0 Å². The maximum Gasteiger partial charge on any atom is 1.00 e. The summed E-state index contributed by atoms with van der Waals surface area (Å²) < 4.78 is 31.3. The fourth-order valence-electron chi connectivity index (χ4n) is 0.826. The van der Waals surface area contributed by atoms with E-state index in [9.17, 15) is 8.76 Å². The molecule has 0 N–H and O–H groups in total. The molecule has 0 amide bonds. The predicted octanol–water partition coefficient (Wildman–Crippen LogP) is -1.36. The SMILES string of the molecule is O=S([O-])(=S)OCCOc1ccc(Br)cc1.[Na+]. The summed E-state index contributed by atoms with van der Waals surface area (Å²) in [7, 11) is -3.79. The molecule has 0 radical (unpaired) electrons. The van der Waals surface area contributed by atoms with Gasteiger partial charge in [0.15, 0.2) is 0 Å². The number of ether oxygens (including phenoxy) is 1. The molecule has 0 fully saturated rings. The quantitative estimate of drug-likeness (QED) is 0.492. The maximum atomic E-state index is 10.4. The van der Waals surface area contributed by atoms with E-state index >= 15 is 0 Å². The number of rotatable bonds is 5. The van der Waals surface area contributed by atoms with Crippen LogP contribution in [-0.2, 0) is 24.4 Å². The summed E-state index contributed by atoms with van der Waals surface area (Å²) in [5.74, 6) is 0.642. The molecule has 1 aromatic rings. The third-order valence-corrected chi connectivity index (χ3v) is 2.67. The summed E-state index contributed by atoms with van der Waals surface area (Å²) in [4.78, 5) is 0. The fraction of sp³-hybridized carbons (Fsp3) is 0.250. The molecule has 1 rings (SSSR count). The van der Waals surface area contributed by atoms with Crippen molar-refractivity contribution in [3.63, 3.8) is 0 Å². The second-order valence-corrected chi connectivity index (χ2v) is 5.73. The first-order chi connectivity index (χ1) is 6.97. The van der Waals surface area contributed by atoms with Gasteiger partial charge in [-0.3, -0.25) is 4.18 Å². The van der Waals surface area contributed by atoms with Gasteiger partial charge in [0.2, 0.25) is 0 Å². The van der Waals surface area contributed by atoms with Crippen molar-refractivity contribution in [3.8, 4) is 5.75 Å². The first kappa shape index (κ1) is 16.8. The topological polar surface area (TPSA) is 58.6 Å². The van der Waals surface area contributed by atoms with Gasteiger partial charge in [0.25, 0.3) is 0 Å². The van der Waals surface area contributed by atoms with Crippen LogP contribution in [0.4, 0.5) is 0 Å². The maximum absolute atomic E-state index is 10.4. The Morgan fingerprint density at radius 1 is 1.31 bits per heavy atom. The summed E-state index contributed by atoms with van der Waals surface area (Å²) in [5, 5.41) is 0. The van der Waals surface area contributed by atoms with Crippen molar-refractivity contribution in [3.05, 3.63) is 28.7 Å². The van der Waals surface area contributed by atoms with E-state index in [-0.39, 0.29) is 42.8 Å². The van der Waals surface area contributed by atoms with Gasteiger partial charge in [-0.1, -0.05) is 15.9 Å². The standard InChI is InChI=1S/C8H9BrO4S2.Na/c9-7-1-3-8(4-2-7)12-5-6-13-15(10,11)14;/h1-4H,5-6H2,(H,10,11,14);/q;+1/p-1. The van der Waals surface area contributed by atoms with E-state index in [2.05, 4.69) is 31.3 Å². The molecule has 0 aromatic heterocycles. The normalized spacial score (nSPS) is 13.6. The van der Waals surface area contributed by atoms with Crippen LogP contribution in [0.15, 0.2) is 28.7 Å². The van der Waals surface area contributed by atoms with Crippen LogP contribution in [0.2, 0.25) is 0 Å². The van der Waals surface area contributed by atoms with Crippen molar-refractivity contribution in [2.75, 3.05) is 13.2 Å². The van der Waals surface area contributed by atoms with Gasteiger partial charge in [0.05, 0.1) is 15.7 Å². The zero-order valence-corrected chi connectivity index (χ0v) is 13.8. The van der Waals surface area contributed by atoms with Crippen LogP contribution >= 0.6 is 15.9 Å². The molecular formula is C8H8BrNaO4S2. The Morgan fingerprint density at radius 2 is 1.88 bits per heavy atom. The fourth-order valence-corrected chi connectivity index (χ4v) is 1.57. The van der Waals surface area contributed by atoms with Crippen LogP contribution < -0.4 is 34.3 Å². The Labute approximate surface area is 130 Å². The largest absolute Gasteiger partial charge is 1.00 e. The third kappa shape index (κ3) is 7.97. The van der Waals surface area contributed by atoms with Crippen molar-refractivity contribution in [2.24, 2.45) is 0 Å². The van der Waals surface area contributed by atoms with Gasteiger partial charge < -0.3 is 9.29 Å². The molecule has 0 spiro atoms. The zero-order valence-electron chi connectivity index (χ0n) is 8.55. The Hall–Kier alpha value is 0.790. The van der Waals surface area contributed by atoms with E-state index in [1.807, 2.05) is 12.1 Å². The molecule has 0 aliphatic carbocycles. The zero-order chi connectivity index (χ0) is 11.3. The Morgan fingerprint density at radius 3 is 2.38 bits per heavy atom. The molecule has 0 aliphatic rings. The molecule has 0 saturated heterocycles. The van der Waals surface area contributed by atoms with E-state index in [0.29, 0.717) is 5.75 Å². The molecule has 0 aliphatic heterocycles. The van der Waals surface area contributed by atoms with Crippen molar-refractivity contribution >= 4 is 36.2 Å². The summed E-state index contributed by atoms with van der Waals surface area (Å²) in [5.41, 5.74) is 0. The molecule has 1 unspecified atom stereocenters. The Kier molecular flexibility index (Phi) is 8.39. The molecule has 1 aromatic carbocycles. The molecule has 0 bridgehead atoms. The second-order valence-electron chi connectivity index (χ2n) is 2.53. The summed E-state index contributed by atoms with van der Waals surface area (Å²) in [6.45, 7) is 0.0550. The van der Waals surface area contributed by atoms with Crippen molar-refractivity contribution < 1.29 is 47.2 Å². The molecule has 4 nitrogen and oxygen atoms in total. The smallest absolute Gasteiger partial charge is 0.748 e. The van der Waals surface area contributed by atoms with Gasteiger partial charge in [-0.2, -0.15) is 0 Å². The Balaban J connectivity index is 0.00000225. The van der Waals surface area contributed by atoms with Crippen LogP contribution in [0.1, 0.15) is 0 Å². The van der Waals surface area contributed by atoms with Crippen LogP contribution in [0.5, 0.6) is 5.75 Å². The summed E-state index contributed by atoms with van der Waals surface area (Å²) in [6, 6.07) is 7.15. The summed E-state index contributed by atoms with van der Waals surface area (Å²) in [6.07, 6.45) is 0. The molecule has 1 atom stereocenters. The number of hydrogen-bond donors (Lipinski definition) is 0. The molecule has 16 heavy (non-hydrogen) atoms. The van der Waals surface area contributed by atoms with Gasteiger partial charge in [-0.25, -0.2) is 4.21 Å². The van der Waals surface area contributed by atoms with Crippen molar-refractivity contribution in [1.82, 2.24) is 0 Å². The summed E-state index contributed by atoms with van der Waals surface area (Å²) >= 11 is 7.30. The first-order valence-corrected chi connectivity index (χ1v) is 7.08. The minimum absolute atomic E-state index is 0. The number of benzene rings is 1. The predicted molar refractivity (Wildman–Crippen MR) is 61.9 cm³/mol. The van der Waals surface area contributed by atoms with Gasteiger partial charge in [-0.15, -0.1) is 0 Å². The van der Waals surface area contributed by atoms with Crippen LogP contribution in [0, 0.1) is 0 Å². The van der Waals surface area contributed by atoms with E-state index < -0.39 is 9.05 Å². The average molecular weight is 335 g/mol. The van der Waals surface area contributed by atoms with Gasteiger partial charge in [0.1, 0.15) is 12.4 Å². The van der Waals surface area contributed by atoms with Crippen LogP contribution in [0.3, 0.4) is 0 Å². The molecule has 84 valence electrons. The molecular weight excluding hydrogens is 327 g/mol. The number of hydrogen-bond acceptors (Lipinski definition) is 5. The molecule has 0 heterocycles. The monoisotopic (exact) mass is 334 g/mol. The van der Waals surface area contributed by atoms with Gasteiger partial charge >= 0.3 is 29.6 Å². The van der Waals surface area contributed by atoms with Crippen molar-refractivity contribution in [1.29, 1.82) is 0 Å². The molecule has 0 saturated carbocycles. The van der Waals surface area contributed by atoms with E-state index in [4.69, 9.17) is 4.74 Å². The first-order valence-electron chi connectivity index (χ1n) is 3.96. The molecule has 8 heteroatoms. The third-order valence-electron chi connectivity index (χ3n) is 1.39. The average Bonchev–Trinajstić information content (AvgIpc) is 2.14. The van der Waals surface area contributed by atoms with Crippen LogP contribution in [-0.4, -0.2) is 22.0 Å². The second kappa shape index (κ2) is 7.99. The van der Waals surface area contributed by atoms with Crippen molar-refractivity contribution in [2.45, 2.75) is 0 Å². The van der Waals surface area contributed by atoms with E-state index in [1.54, 1.807) is 12.1 Å². The Bertz CT molecular complexity index is 407. The van der Waals surface area contributed by atoms with E-state index in [0.717, 1.165) is 4.47 Å².